The number of carbonyl (C=O) groups excluding carboxylic acids is 1. The van der Waals surface area contributed by atoms with E-state index in [1.165, 1.54) is 30.5 Å². The quantitative estimate of drug-likeness (QED) is 0.742. The van der Waals surface area contributed by atoms with E-state index in [2.05, 4.69) is 15.6 Å². The molecule has 0 radical (unpaired) electrons. The molecule has 1 aromatic heterocycles. The van der Waals surface area contributed by atoms with E-state index in [0.29, 0.717) is 11.3 Å². The Morgan fingerprint density at radius 2 is 1.75 bits per heavy atom. The summed E-state index contributed by atoms with van der Waals surface area (Å²) in [6.45, 7) is 2.00. The van der Waals surface area contributed by atoms with Gasteiger partial charge in [-0.1, -0.05) is 18.2 Å². The molecule has 1 amide bonds. The molecule has 4 nitrogen and oxygen atoms in total. The molecule has 1 heterocycles. The summed E-state index contributed by atoms with van der Waals surface area (Å²) in [7, 11) is 0. The number of aryl methyl sites for hydroxylation is 1. The number of carbonyl (C=O) groups is 1. The lowest BCUT2D eigenvalue weighted by atomic mass is 10.2. The fraction of sp³-hybridized carbons (Fsp3) is 0.0526. The van der Waals surface area contributed by atoms with Gasteiger partial charge in [-0.3, -0.25) is 9.78 Å². The first-order chi connectivity index (χ1) is 11.6. The second-order valence-electron chi connectivity index (χ2n) is 5.36. The molecular weight excluding hydrogens is 305 g/mol. The summed E-state index contributed by atoms with van der Waals surface area (Å²) in [5.41, 5.74) is 3.71. The Hall–Kier alpha value is -3.21. The zero-order valence-corrected chi connectivity index (χ0v) is 13.1. The highest BCUT2D eigenvalue weighted by Gasteiger charge is 2.08. The van der Waals surface area contributed by atoms with Gasteiger partial charge in [0.2, 0.25) is 0 Å². The third-order valence-electron chi connectivity index (χ3n) is 3.53. The standard InChI is InChI=1S/C19H16FN3O/c1-13-4-2-3-5-18(13)22-17-10-14(11-21-12-17)19(24)23-16-8-6-15(20)7-9-16/h2-12,22H,1H3,(H,23,24). The molecule has 0 aliphatic rings. The van der Waals surface area contributed by atoms with Gasteiger partial charge in [0.1, 0.15) is 5.82 Å². The van der Waals surface area contributed by atoms with Crippen LogP contribution in [0.5, 0.6) is 0 Å². The van der Waals surface area contributed by atoms with Gasteiger partial charge in [-0.15, -0.1) is 0 Å². The fourth-order valence-corrected chi connectivity index (χ4v) is 2.24. The first-order valence-electron chi connectivity index (χ1n) is 7.46. The van der Waals surface area contributed by atoms with E-state index in [0.717, 1.165) is 16.9 Å². The first kappa shape index (κ1) is 15.7. The molecule has 0 fully saturated rings. The molecule has 3 aromatic rings. The number of amides is 1. The second-order valence-corrected chi connectivity index (χ2v) is 5.36. The maximum absolute atomic E-state index is 12.9. The van der Waals surface area contributed by atoms with Gasteiger partial charge in [-0.2, -0.15) is 0 Å². The third-order valence-corrected chi connectivity index (χ3v) is 3.53. The van der Waals surface area contributed by atoms with E-state index in [-0.39, 0.29) is 11.7 Å². The molecule has 24 heavy (non-hydrogen) atoms. The number of benzene rings is 2. The summed E-state index contributed by atoms with van der Waals surface area (Å²) in [6.07, 6.45) is 3.14. The van der Waals surface area contributed by atoms with Crippen molar-refractivity contribution in [1.82, 2.24) is 4.98 Å². The Balaban J connectivity index is 1.76. The molecule has 120 valence electrons. The van der Waals surface area contributed by atoms with Crippen molar-refractivity contribution < 1.29 is 9.18 Å². The van der Waals surface area contributed by atoms with Crippen LogP contribution in [0.15, 0.2) is 67.0 Å². The van der Waals surface area contributed by atoms with Crippen LogP contribution in [0.3, 0.4) is 0 Å². The van der Waals surface area contributed by atoms with Crippen LogP contribution in [-0.2, 0) is 0 Å². The number of anilines is 3. The van der Waals surface area contributed by atoms with Gasteiger partial charge in [0.05, 0.1) is 17.4 Å². The molecule has 2 aromatic carbocycles. The summed E-state index contributed by atoms with van der Waals surface area (Å²) in [5, 5.41) is 5.96. The number of hydrogen-bond acceptors (Lipinski definition) is 3. The van der Waals surface area contributed by atoms with Crippen LogP contribution >= 0.6 is 0 Å². The van der Waals surface area contributed by atoms with Crippen LogP contribution in [0.4, 0.5) is 21.5 Å². The molecule has 0 saturated heterocycles. The molecule has 0 saturated carbocycles. The molecule has 0 unspecified atom stereocenters. The Labute approximate surface area is 139 Å². The van der Waals surface area contributed by atoms with E-state index in [1.807, 2.05) is 31.2 Å². The number of halogens is 1. The fourth-order valence-electron chi connectivity index (χ4n) is 2.24. The SMILES string of the molecule is Cc1ccccc1Nc1cncc(C(=O)Nc2ccc(F)cc2)c1. The number of hydrogen-bond donors (Lipinski definition) is 2. The number of aromatic nitrogens is 1. The van der Waals surface area contributed by atoms with Crippen LogP contribution in [0.2, 0.25) is 0 Å². The third kappa shape index (κ3) is 3.76. The zero-order chi connectivity index (χ0) is 16.9. The normalized spacial score (nSPS) is 10.2. The molecule has 0 bridgehead atoms. The van der Waals surface area contributed by atoms with Crippen LogP contribution < -0.4 is 10.6 Å². The molecule has 0 spiro atoms. The highest BCUT2D eigenvalue weighted by atomic mass is 19.1. The number of rotatable bonds is 4. The monoisotopic (exact) mass is 321 g/mol. The second kappa shape index (κ2) is 6.91. The molecule has 0 aliphatic carbocycles. The van der Waals surface area contributed by atoms with Crippen LogP contribution in [0, 0.1) is 12.7 Å². The molecule has 2 N–H and O–H groups in total. The van der Waals surface area contributed by atoms with E-state index < -0.39 is 0 Å². The van der Waals surface area contributed by atoms with Crippen molar-refractivity contribution in [3.8, 4) is 0 Å². The lowest BCUT2D eigenvalue weighted by Gasteiger charge is -2.10. The number of para-hydroxylation sites is 1. The predicted octanol–water partition coefficient (Wildman–Crippen LogP) is 4.53. The number of nitrogens with one attached hydrogen (secondary N) is 2. The van der Waals surface area contributed by atoms with Gasteiger partial charge in [0.25, 0.3) is 5.91 Å². The van der Waals surface area contributed by atoms with E-state index >= 15 is 0 Å². The molecule has 3 rings (SSSR count). The van der Waals surface area contributed by atoms with Crippen molar-refractivity contribution in [1.29, 1.82) is 0 Å². The van der Waals surface area contributed by atoms with Crippen molar-refractivity contribution in [3.05, 3.63) is 83.9 Å². The largest absolute Gasteiger partial charge is 0.354 e. The van der Waals surface area contributed by atoms with Crippen molar-refractivity contribution in [2.75, 3.05) is 10.6 Å². The van der Waals surface area contributed by atoms with Gasteiger partial charge in [0, 0.05) is 17.6 Å². The molecular formula is C19H16FN3O. The Bertz CT molecular complexity index is 862. The van der Waals surface area contributed by atoms with Crippen molar-refractivity contribution >= 4 is 23.0 Å². The minimum absolute atomic E-state index is 0.303. The van der Waals surface area contributed by atoms with Crippen molar-refractivity contribution in [2.24, 2.45) is 0 Å². The highest BCUT2D eigenvalue weighted by molar-refractivity contribution is 6.04. The maximum Gasteiger partial charge on any atom is 0.257 e. The average Bonchev–Trinajstić information content (AvgIpc) is 2.59. The van der Waals surface area contributed by atoms with Crippen LogP contribution in [0.1, 0.15) is 15.9 Å². The minimum atomic E-state index is -0.348. The van der Waals surface area contributed by atoms with Crippen molar-refractivity contribution in [2.45, 2.75) is 6.92 Å². The topological polar surface area (TPSA) is 54.0 Å². The van der Waals surface area contributed by atoms with Crippen LogP contribution in [0.25, 0.3) is 0 Å². The first-order valence-corrected chi connectivity index (χ1v) is 7.46. The van der Waals surface area contributed by atoms with E-state index in [1.54, 1.807) is 12.3 Å². The molecule has 0 aliphatic heterocycles. The van der Waals surface area contributed by atoms with Gasteiger partial charge < -0.3 is 10.6 Å². The van der Waals surface area contributed by atoms with Gasteiger partial charge in [0.15, 0.2) is 0 Å². The van der Waals surface area contributed by atoms with Gasteiger partial charge in [-0.05, 0) is 48.9 Å². The number of pyridine rings is 1. The molecule has 0 atom stereocenters. The summed E-state index contributed by atoms with van der Waals surface area (Å²) >= 11 is 0. The lowest BCUT2D eigenvalue weighted by molar-refractivity contribution is 0.102. The predicted molar refractivity (Wildman–Crippen MR) is 93.1 cm³/mol. The summed E-state index contributed by atoms with van der Waals surface area (Å²) < 4.78 is 12.9. The Kier molecular flexibility index (Phi) is 4.52. The van der Waals surface area contributed by atoms with Crippen LogP contribution in [-0.4, -0.2) is 10.9 Å². The van der Waals surface area contributed by atoms with E-state index in [4.69, 9.17) is 0 Å². The smallest absolute Gasteiger partial charge is 0.257 e. The maximum atomic E-state index is 12.9. The summed E-state index contributed by atoms with van der Waals surface area (Å²) in [4.78, 5) is 16.4. The highest BCUT2D eigenvalue weighted by Crippen LogP contribution is 2.20. The summed E-state index contributed by atoms with van der Waals surface area (Å²) in [6, 6.07) is 15.2. The van der Waals surface area contributed by atoms with Gasteiger partial charge >= 0.3 is 0 Å². The van der Waals surface area contributed by atoms with E-state index in [9.17, 15) is 9.18 Å². The average molecular weight is 321 g/mol. The van der Waals surface area contributed by atoms with Crippen molar-refractivity contribution in [3.63, 3.8) is 0 Å². The zero-order valence-electron chi connectivity index (χ0n) is 13.1. The number of nitrogens with zero attached hydrogens (tertiary/aromatic N) is 1. The Morgan fingerprint density at radius 3 is 2.50 bits per heavy atom. The van der Waals surface area contributed by atoms with Gasteiger partial charge in [-0.25, -0.2) is 4.39 Å². The Morgan fingerprint density at radius 1 is 1.00 bits per heavy atom. The minimum Gasteiger partial charge on any atom is -0.354 e. The summed E-state index contributed by atoms with van der Waals surface area (Å²) in [5.74, 6) is -0.651. The lowest BCUT2D eigenvalue weighted by Crippen LogP contribution is -2.12. The molecule has 5 heteroatoms.